The normalized spacial score (nSPS) is 11.1. The number of hydrogen-bond acceptors (Lipinski definition) is 4. The fourth-order valence-electron chi connectivity index (χ4n) is 1.31. The van der Waals surface area contributed by atoms with Crippen molar-refractivity contribution in [1.82, 2.24) is 9.62 Å². The van der Waals surface area contributed by atoms with Gasteiger partial charge in [-0.2, -0.15) is 9.57 Å². The summed E-state index contributed by atoms with van der Waals surface area (Å²) < 4.78 is 25.3. The standard InChI is InChI=1S/C11H12ClN3O3S/c1-14-11(16)7-15(2)19(17,18)10-4-3-8(6-13)5-9(10)12/h3-5H,7H2,1-2H3,(H,14,16). The molecule has 102 valence electrons. The quantitative estimate of drug-likeness (QED) is 0.880. The van der Waals surface area contributed by atoms with Crippen LogP contribution < -0.4 is 5.32 Å². The highest BCUT2D eigenvalue weighted by atomic mass is 35.5. The molecule has 0 aliphatic rings. The molecular formula is C11H12ClN3O3S. The highest BCUT2D eigenvalue weighted by molar-refractivity contribution is 7.89. The first-order valence-electron chi connectivity index (χ1n) is 5.19. The van der Waals surface area contributed by atoms with E-state index in [0.717, 1.165) is 4.31 Å². The summed E-state index contributed by atoms with van der Waals surface area (Å²) in [7, 11) is -1.18. The summed E-state index contributed by atoms with van der Waals surface area (Å²) in [6.07, 6.45) is 0. The van der Waals surface area contributed by atoms with Crippen LogP contribution in [0, 0.1) is 11.3 Å². The first kappa shape index (κ1) is 15.4. The smallest absolute Gasteiger partial charge is 0.244 e. The highest BCUT2D eigenvalue weighted by Gasteiger charge is 2.25. The van der Waals surface area contributed by atoms with Crippen molar-refractivity contribution in [2.24, 2.45) is 0 Å². The van der Waals surface area contributed by atoms with Crippen LogP contribution in [0.25, 0.3) is 0 Å². The minimum absolute atomic E-state index is 0.0530. The lowest BCUT2D eigenvalue weighted by atomic mass is 10.2. The predicted molar refractivity (Wildman–Crippen MR) is 70.0 cm³/mol. The molecule has 0 aromatic heterocycles. The van der Waals surface area contributed by atoms with Crippen LogP contribution in [0.3, 0.4) is 0 Å². The molecule has 0 atom stereocenters. The topological polar surface area (TPSA) is 90.3 Å². The molecule has 6 nitrogen and oxygen atoms in total. The van der Waals surface area contributed by atoms with Crippen LogP contribution >= 0.6 is 11.6 Å². The van der Waals surface area contributed by atoms with Gasteiger partial charge in [-0.25, -0.2) is 8.42 Å². The molecule has 0 radical (unpaired) electrons. The Bertz CT molecular complexity index is 637. The number of rotatable bonds is 4. The predicted octanol–water partition coefficient (Wildman–Crippen LogP) is 0.578. The summed E-state index contributed by atoms with van der Waals surface area (Å²) in [5.41, 5.74) is 0.262. The van der Waals surface area contributed by atoms with E-state index in [1.807, 2.05) is 6.07 Å². The Morgan fingerprint density at radius 3 is 2.63 bits per heavy atom. The molecule has 0 unspecified atom stereocenters. The Morgan fingerprint density at radius 1 is 1.53 bits per heavy atom. The first-order valence-corrected chi connectivity index (χ1v) is 7.01. The first-order chi connectivity index (χ1) is 8.82. The number of sulfonamides is 1. The summed E-state index contributed by atoms with van der Waals surface area (Å²) in [6.45, 7) is -0.310. The summed E-state index contributed by atoms with van der Waals surface area (Å²) >= 11 is 5.85. The average molecular weight is 302 g/mol. The van der Waals surface area contributed by atoms with Crippen molar-refractivity contribution >= 4 is 27.5 Å². The van der Waals surface area contributed by atoms with Crippen LogP contribution in [-0.2, 0) is 14.8 Å². The highest BCUT2D eigenvalue weighted by Crippen LogP contribution is 2.24. The lowest BCUT2D eigenvalue weighted by molar-refractivity contribution is -0.120. The van der Waals surface area contributed by atoms with E-state index in [2.05, 4.69) is 5.32 Å². The van der Waals surface area contributed by atoms with Crippen molar-refractivity contribution in [2.45, 2.75) is 4.90 Å². The number of halogens is 1. The van der Waals surface area contributed by atoms with Gasteiger partial charge in [0.25, 0.3) is 0 Å². The maximum Gasteiger partial charge on any atom is 0.244 e. The third kappa shape index (κ3) is 3.44. The summed E-state index contributed by atoms with van der Waals surface area (Å²) in [5.74, 6) is -0.434. The molecule has 0 saturated heterocycles. The number of nitrogens with zero attached hydrogens (tertiary/aromatic N) is 2. The summed E-state index contributed by atoms with van der Waals surface area (Å²) in [4.78, 5) is 11.1. The van der Waals surface area contributed by atoms with E-state index in [9.17, 15) is 13.2 Å². The SMILES string of the molecule is CNC(=O)CN(C)S(=O)(=O)c1ccc(C#N)cc1Cl. The molecule has 0 spiro atoms. The van der Waals surface area contributed by atoms with Crippen molar-refractivity contribution in [2.75, 3.05) is 20.6 Å². The average Bonchev–Trinajstić information content (AvgIpc) is 2.37. The van der Waals surface area contributed by atoms with Gasteiger partial charge in [0, 0.05) is 14.1 Å². The fraction of sp³-hybridized carbons (Fsp3) is 0.273. The van der Waals surface area contributed by atoms with Crippen LogP contribution in [0.2, 0.25) is 5.02 Å². The lowest BCUT2D eigenvalue weighted by Gasteiger charge is -2.17. The van der Waals surface area contributed by atoms with Crippen molar-refractivity contribution in [3.8, 4) is 6.07 Å². The van der Waals surface area contributed by atoms with Gasteiger partial charge in [-0.15, -0.1) is 0 Å². The molecule has 1 aromatic carbocycles. The van der Waals surface area contributed by atoms with E-state index in [1.54, 1.807) is 0 Å². The number of carbonyl (C=O) groups is 1. The molecule has 0 aliphatic carbocycles. The maximum atomic E-state index is 12.2. The Hall–Kier alpha value is -1.62. The number of hydrogen-bond donors (Lipinski definition) is 1. The maximum absolute atomic E-state index is 12.2. The number of nitriles is 1. The molecule has 1 rings (SSSR count). The number of likely N-dealkylation sites (N-methyl/N-ethyl adjacent to an activating group) is 2. The van der Waals surface area contributed by atoms with E-state index in [0.29, 0.717) is 0 Å². The zero-order valence-electron chi connectivity index (χ0n) is 10.3. The van der Waals surface area contributed by atoms with Gasteiger partial charge in [-0.1, -0.05) is 11.6 Å². The monoisotopic (exact) mass is 301 g/mol. The minimum atomic E-state index is -3.87. The minimum Gasteiger partial charge on any atom is -0.358 e. The third-order valence-electron chi connectivity index (χ3n) is 2.39. The molecule has 8 heteroatoms. The second kappa shape index (κ2) is 6.02. The van der Waals surface area contributed by atoms with Gasteiger partial charge >= 0.3 is 0 Å². The molecule has 1 aromatic rings. The Labute approximate surface area is 116 Å². The van der Waals surface area contributed by atoms with Gasteiger partial charge in [0.05, 0.1) is 23.2 Å². The van der Waals surface area contributed by atoms with E-state index in [1.165, 1.54) is 32.3 Å². The van der Waals surface area contributed by atoms with Gasteiger partial charge < -0.3 is 5.32 Å². The lowest BCUT2D eigenvalue weighted by Crippen LogP contribution is -2.37. The number of amides is 1. The van der Waals surface area contributed by atoms with Crippen molar-refractivity contribution in [1.29, 1.82) is 5.26 Å². The Balaban J connectivity index is 3.14. The molecule has 0 saturated carbocycles. The zero-order valence-corrected chi connectivity index (χ0v) is 11.9. The van der Waals surface area contributed by atoms with Gasteiger partial charge in [-0.05, 0) is 18.2 Å². The number of nitrogens with one attached hydrogen (secondary N) is 1. The second-order valence-electron chi connectivity index (χ2n) is 3.69. The Kier molecular flexibility index (Phi) is 4.89. The largest absolute Gasteiger partial charge is 0.358 e. The third-order valence-corrected chi connectivity index (χ3v) is 4.68. The summed E-state index contributed by atoms with van der Waals surface area (Å²) in [5, 5.41) is 11.0. The van der Waals surface area contributed by atoms with Crippen molar-refractivity contribution < 1.29 is 13.2 Å². The van der Waals surface area contributed by atoms with Crippen molar-refractivity contribution in [3.05, 3.63) is 28.8 Å². The van der Waals surface area contributed by atoms with Crippen LogP contribution in [0.5, 0.6) is 0 Å². The molecule has 1 N–H and O–H groups in total. The zero-order chi connectivity index (χ0) is 14.6. The molecule has 19 heavy (non-hydrogen) atoms. The van der Waals surface area contributed by atoms with Crippen LogP contribution in [0.1, 0.15) is 5.56 Å². The summed E-state index contributed by atoms with van der Waals surface area (Å²) in [6, 6.07) is 5.73. The van der Waals surface area contributed by atoms with Crippen LogP contribution in [0.15, 0.2) is 23.1 Å². The van der Waals surface area contributed by atoms with E-state index in [-0.39, 0.29) is 22.0 Å². The molecule has 0 fully saturated rings. The molecule has 1 amide bonds. The van der Waals surface area contributed by atoms with E-state index >= 15 is 0 Å². The molecule has 0 heterocycles. The van der Waals surface area contributed by atoms with Gasteiger partial charge in [0.2, 0.25) is 15.9 Å². The van der Waals surface area contributed by atoms with E-state index < -0.39 is 15.9 Å². The fourth-order valence-corrected chi connectivity index (χ4v) is 2.96. The number of carbonyl (C=O) groups excluding carboxylic acids is 1. The van der Waals surface area contributed by atoms with E-state index in [4.69, 9.17) is 16.9 Å². The molecule has 0 bridgehead atoms. The van der Waals surface area contributed by atoms with Crippen molar-refractivity contribution in [3.63, 3.8) is 0 Å². The Morgan fingerprint density at radius 2 is 2.16 bits per heavy atom. The second-order valence-corrected chi connectivity index (χ2v) is 6.11. The van der Waals surface area contributed by atoms with Gasteiger partial charge in [0.15, 0.2) is 0 Å². The number of benzene rings is 1. The molecule has 0 aliphatic heterocycles. The van der Waals surface area contributed by atoms with Gasteiger partial charge in [0.1, 0.15) is 4.90 Å². The molecular weight excluding hydrogens is 290 g/mol. The van der Waals surface area contributed by atoms with Gasteiger partial charge in [-0.3, -0.25) is 4.79 Å². The van der Waals surface area contributed by atoms with Crippen LogP contribution in [0.4, 0.5) is 0 Å². The van der Waals surface area contributed by atoms with Crippen LogP contribution in [-0.4, -0.2) is 39.3 Å².